The zero-order chi connectivity index (χ0) is 25.0. The average Bonchev–Trinajstić information content (AvgIpc) is 3.48. The topological polar surface area (TPSA) is 61.7 Å². The summed E-state index contributed by atoms with van der Waals surface area (Å²) in [7, 11) is 0. The zero-order valence-corrected chi connectivity index (χ0v) is 20.4. The van der Waals surface area contributed by atoms with Crippen LogP contribution in [0.1, 0.15) is 51.0 Å². The molecular weight excluding hydrogens is 469 g/mol. The number of anilines is 1. The molecule has 3 saturated heterocycles. The van der Waals surface area contributed by atoms with Crippen molar-refractivity contribution in [2.75, 3.05) is 37.7 Å². The van der Waals surface area contributed by atoms with E-state index in [0.29, 0.717) is 30.6 Å². The van der Waals surface area contributed by atoms with Crippen molar-refractivity contribution < 1.29 is 23.0 Å². The Hall–Kier alpha value is -2.57. The number of hydrogen-bond acceptors (Lipinski definition) is 6. The number of aliphatic hydroxyl groups excluding tert-OH is 1. The third-order valence-corrected chi connectivity index (χ3v) is 8.39. The van der Waals surface area contributed by atoms with E-state index in [-0.39, 0.29) is 23.5 Å². The van der Waals surface area contributed by atoms with Crippen LogP contribution < -0.4 is 9.64 Å². The van der Waals surface area contributed by atoms with E-state index in [9.17, 15) is 9.50 Å². The molecule has 0 radical (unpaired) electrons. The summed E-state index contributed by atoms with van der Waals surface area (Å²) in [5.74, 6) is 4.66. The molecule has 9 heteroatoms. The van der Waals surface area contributed by atoms with Gasteiger partial charge < -0.3 is 14.7 Å². The maximum atomic E-state index is 15.6. The number of halogens is 3. The summed E-state index contributed by atoms with van der Waals surface area (Å²) in [6, 6.07) is 1.25. The van der Waals surface area contributed by atoms with Crippen molar-refractivity contribution >= 4 is 16.7 Å². The minimum Gasteiger partial charge on any atom is -0.461 e. The summed E-state index contributed by atoms with van der Waals surface area (Å²) in [6.07, 6.45) is 3.78. The molecule has 4 aliphatic rings. The molecule has 6 rings (SSSR count). The largest absolute Gasteiger partial charge is 0.461 e. The number of rotatable bonds is 4. The molecule has 2 bridgehead atoms. The molecule has 2 aromatic rings. The number of nitrogens with zero attached hydrogens (tertiary/aromatic N) is 4. The van der Waals surface area contributed by atoms with Crippen LogP contribution in [0.3, 0.4) is 0 Å². The second kappa shape index (κ2) is 9.07. The van der Waals surface area contributed by atoms with Gasteiger partial charge in [-0.1, -0.05) is 11.8 Å². The molecule has 6 nitrogen and oxygen atoms in total. The van der Waals surface area contributed by atoms with Gasteiger partial charge in [0, 0.05) is 31.4 Å². The number of alkyl halides is 1. The molecule has 4 fully saturated rings. The number of ether oxygens (including phenoxy) is 1. The van der Waals surface area contributed by atoms with Crippen molar-refractivity contribution in [3.8, 4) is 17.9 Å². The molecule has 1 N–H and O–H groups in total. The van der Waals surface area contributed by atoms with Crippen LogP contribution in [0.25, 0.3) is 10.9 Å². The van der Waals surface area contributed by atoms with E-state index in [1.807, 2.05) is 0 Å². The van der Waals surface area contributed by atoms with Crippen LogP contribution in [-0.4, -0.2) is 70.6 Å². The van der Waals surface area contributed by atoms with E-state index in [1.165, 1.54) is 19.4 Å². The number of aliphatic hydroxyl groups is 1. The van der Waals surface area contributed by atoms with E-state index >= 15 is 8.78 Å². The first-order valence-electron chi connectivity index (χ1n) is 13.0. The maximum absolute atomic E-state index is 15.6. The monoisotopic (exact) mass is 500 g/mol. The van der Waals surface area contributed by atoms with Gasteiger partial charge in [-0.2, -0.15) is 9.97 Å². The summed E-state index contributed by atoms with van der Waals surface area (Å²) < 4.78 is 50.9. The highest BCUT2D eigenvalue weighted by molar-refractivity contribution is 5.91. The van der Waals surface area contributed by atoms with E-state index in [1.54, 1.807) is 0 Å². The first kappa shape index (κ1) is 23.8. The highest BCUT2D eigenvalue weighted by atomic mass is 19.1. The van der Waals surface area contributed by atoms with Gasteiger partial charge in [-0.15, -0.1) is 0 Å². The minimum atomic E-state index is -1.03. The van der Waals surface area contributed by atoms with Gasteiger partial charge in [0.2, 0.25) is 0 Å². The third-order valence-electron chi connectivity index (χ3n) is 8.39. The van der Waals surface area contributed by atoms with Gasteiger partial charge in [-0.05, 0) is 63.5 Å². The Kier molecular flexibility index (Phi) is 6.00. The van der Waals surface area contributed by atoms with Crippen LogP contribution in [0.4, 0.5) is 19.0 Å². The molecule has 5 atom stereocenters. The molecule has 3 unspecified atom stereocenters. The van der Waals surface area contributed by atoms with Gasteiger partial charge in [0.05, 0.1) is 11.1 Å². The summed E-state index contributed by atoms with van der Waals surface area (Å²) in [5.41, 5.74) is -0.883. The average molecular weight is 501 g/mol. The number of fused-ring (bicyclic) bond motifs is 4. The highest BCUT2D eigenvalue weighted by Crippen LogP contribution is 2.42. The highest BCUT2D eigenvalue weighted by Gasteiger charge is 2.49. The van der Waals surface area contributed by atoms with E-state index < -0.39 is 35.0 Å². The number of aromatic nitrogens is 2. The number of piperidine rings is 1. The van der Waals surface area contributed by atoms with E-state index in [2.05, 4.69) is 31.6 Å². The Morgan fingerprint density at radius 2 is 2.00 bits per heavy atom. The lowest BCUT2D eigenvalue weighted by Crippen LogP contribution is -2.43. The van der Waals surface area contributed by atoms with Crippen LogP contribution in [-0.2, 0) is 0 Å². The fourth-order valence-electron chi connectivity index (χ4n) is 6.79. The van der Waals surface area contributed by atoms with Gasteiger partial charge >= 0.3 is 6.01 Å². The van der Waals surface area contributed by atoms with Crippen molar-refractivity contribution in [2.24, 2.45) is 11.8 Å². The van der Waals surface area contributed by atoms with Crippen molar-refractivity contribution in [3.63, 3.8) is 0 Å². The third kappa shape index (κ3) is 4.18. The molecule has 192 valence electrons. The second-order valence-electron chi connectivity index (χ2n) is 11.0. The Bertz CT molecular complexity index is 1230. The van der Waals surface area contributed by atoms with Gasteiger partial charge in [0.1, 0.15) is 36.0 Å². The van der Waals surface area contributed by atoms with E-state index in [0.717, 1.165) is 45.3 Å². The maximum Gasteiger partial charge on any atom is 0.319 e. The summed E-state index contributed by atoms with van der Waals surface area (Å²) in [5, 5.41) is 9.77. The van der Waals surface area contributed by atoms with Crippen molar-refractivity contribution in [3.05, 3.63) is 23.3 Å². The van der Waals surface area contributed by atoms with Crippen molar-refractivity contribution in [2.45, 2.75) is 63.3 Å². The Labute approximate surface area is 208 Å². The van der Waals surface area contributed by atoms with Crippen LogP contribution in [0.15, 0.2) is 6.07 Å². The standard InChI is InChI=1S/C27H31F3N4O2/c1-16(35)3-6-20-22(29)10-21-24(23(20)30)31-26(32-25(21)33-12-17-4-5-18(9-17)13-33)36-15-27-7-2-8-34(27)14-19(28)11-27/h10,16-19,35H,2,4-5,7-9,11-15H2,1H3/t16?,17?,18?,19-,27+/m1/s1. The lowest BCUT2D eigenvalue weighted by molar-refractivity contribution is 0.107. The molecule has 4 heterocycles. The van der Waals surface area contributed by atoms with Crippen LogP contribution >= 0.6 is 0 Å². The normalized spacial score (nSPS) is 30.4. The SMILES string of the molecule is CC(O)C#Cc1c(F)cc2c(N3CC4CCC(C4)C3)nc(OC[C@@]34CCCN3C[C@H](F)C4)nc2c1F. The van der Waals surface area contributed by atoms with Crippen molar-refractivity contribution in [1.82, 2.24) is 14.9 Å². The summed E-state index contributed by atoms with van der Waals surface area (Å²) in [6.45, 7) is 4.44. The fourth-order valence-corrected chi connectivity index (χ4v) is 6.79. The van der Waals surface area contributed by atoms with Gasteiger partial charge in [-0.25, -0.2) is 13.2 Å². The first-order chi connectivity index (χ1) is 17.3. The van der Waals surface area contributed by atoms with Crippen LogP contribution in [0.5, 0.6) is 6.01 Å². The molecule has 1 aromatic heterocycles. The van der Waals surface area contributed by atoms with Gasteiger partial charge in [-0.3, -0.25) is 4.90 Å². The molecule has 1 aliphatic carbocycles. The lowest BCUT2D eigenvalue weighted by atomic mass is 9.95. The number of hydrogen-bond donors (Lipinski definition) is 1. The first-order valence-corrected chi connectivity index (χ1v) is 13.0. The Balaban J connectivity index is 1.41. The van der Waals surface area contributed by atoms with Crippen LogP contribution in [0.2, 0.25) is 0 Å². The lowest BCUT2D eigenvalue weighted by Gasteiger charge is -2.34. The zero-order valence-electron chi connectivity index (χ0n) is 20.4. The summed E-state index contributed by atoms with van der Waals surface area (Å²) in [4.78, 5) is 13.3. The van der Waals surface area contributed by atoms with Crippen molar-refractivity contribution in [1.29, 1.82) is 0 Å². The fraction of sp³-hybridized carbons (Fsp3) is 0.630. The molecule has 1 aromatic carbocycles. The number of benzene rings is 1. The second-order valence-corrected chi connectivity index (χ2v) is 11.0. The van der Waals surface area contributed by atoms with Gasteiger partial charge in [0.15, 0.2) is 5.82 Å². The molecular formula is C27H31F3N4O2. The molecule has 1 saturated carbocycles. The quantitative estimate of drug-likeness (QED) is 0.644. The minimum absolute atomic E-state index is 0.0129. The Morgan fingerprint density at radius 3 is 2.75 bits per heavy atom. The van der Waals surface area contributed by atoms with Crippen LogP contribution in [0, 0.1) is 35.3 Å². The molecule has 3 aliphatic heterocycles. The van der Waals surface area contributed by atoms with E-state index in [4.69, 9.17) is 4.74 Å². The summed E-state index contributed by atoms with van der Waals surface area (Å²) >= 11 is 0. The molecule has 36 heavy (non-hydrogen) atoms. The smallest absolute Gasteiger partial charge is 0.319 e. The predicted molar refractivity (Wildman–Crippen MR) is 130 cm³/mol. The Morgan fingerprint density at radius 1 is 1.22 bits per heavy atom. The molecule has 0 amide bonds. The van der Waals surface area contributed by atoms with Gasteiger partial charge in [0.25, 0.3) is 0 Å². The molecule has 0 spiro atoms. The predicted octanol–water partition coefficient (Wildman–Crippen LogP) is 3.83.